The maximum Gasteiger partial charge on any atom is 0.179 e. The van der Waals surface area contributed by atoms with Crippen LogP contribution in [0.25, 0.3) is 0 Å². The molecule has 0 fully saturated rings. The fraction of sp³-hybridized carbons (Fsp3) is 0.600. The molecule has 20 heavy (non-hydrogen) atoms. The van der Waals surface area contributed by atoms with E-state index >= 15 is 0 Å². The van der Waals surface area contributed by atoms with E-state index in [4.69, 9.17) is 26.2 Å². The van der Waals surface area contributed by atoms with Crippen LogP contribution in [0.4, 0.5) is 0 Å². The Morgan fingerprint density at radius 2 is 2.05 bits per heavy atom. The van der Waals surface area contributed by atoms with Gasteiger partial charge in [-0.15, -0.1) is 0 Å². The van der Waals surface area contributed by atoms with Crippen LogP contribution in [0.15, 0.2) is 12.1 Å². The molecule has 0 aliphatic rings. The van der Waals surface area contributed by atoms with Gasteiger partial charge in [-0.3, -0.25) is 0 Å². The van der Waals surface area contributed by atoms with Crippen LogP contribution in [0.3, 0.4) is 0 Å². The van der Waals surface area contributed by atoms with Gasteiger partial charge < -0.3 is 19.9 Å². The van der Waals surface area contributed by atoms with Crippen LogP contribution in [-0.4, -0.2) is 31.5 Å². The maximum absolute atomic E-state index is 8.74. The molecule has 2 N–H and O–H groups in total. The lowest BCUT2D eigenvalue weighted by Gasteiger charge is -2.15. The number of ether oxygens (including phenoxy) is 2. The van der Waals surface area contributed by atoms with Gasteiger partial charge in [0.25, 0.3) is 0 Å². The molecule has 1 rings (SSSR count). The van der Waals surface area contributed by atoms with E-state index in [1.807, 2.05) is 26.0 Å². The molecule has 4 nitrogen and oxygen atoms in total. The minimum Gasteiger partial charge on any atom is -0.490 e. The lowest BCUT2D eigenvalue weighted by Crippen LogP contribution is -2.16. The summed E-state index contributed by atoms with van der Waals surface area (Å²) in [5.74, 6) is 1.31. The fourth-order valence-electron chi connectivity index (χ4n) is 1.77. The van der Waals surface area contributed by atoms with Crippen molar-refractivity contribution in [1.29, 1.82) is 0 Å². The van der Waals surface area contributed by atoms with Crippen molar-refractivity contribution >= 4 is 11.6 Å². The van der Waals surface area contributed by atoms with Crippen molar-refractivity contribution in [2.75, 3.05) is 26.4 Å². The van der Waals surface area contributed by atoms with Crippen molar-refractivity contribution in [2.24, 2.45) is 0 Å². The number of hydrogen-bond donors (Lipinski definition) is 2. The zero-order valence-electron chi connectivity index (χ0n) is 12.2. The summed E-state index contributed by atoms with van der Waals surface area (Å²) in [5, 5.41) is 12.6. The first-order valence-corrected chi connectivity index (χ1v) is 7.50. The topological polar surface area (TPSA) is 50.7 Å². The van der Waals surface area contributed by atoms with Crippen LogP contribution >= 0.6 is 11.6 Å². The van der Waals surface area contributed by atoms with Gasteiger partial charge in [0.2, 0.25) is 0 Å². The van der Waals surface area contributed by atoms with E-state index in [2.05, 4.69) is 5.32 Å². The third-order valence-corrected chi connectivity index (χ3v) is 2.94. The zero-order chi connectivity index (χ0) is 14.8. The zero-order valence-corrected chi connectivity index (χ0v) is 13.0. The Hall–Kier alpha value is -0.970. The molecule has 0 saturated carbocycles. The predicted molar refractivity (Wildman–Crippen MR) is 81.8 cm³/mol. The second-order valence-corrected chi connectivity index (χ2v) is 4.85. The average Bonchev–Trinajstić information content (AvgIpc) is 2.43. The van der Waals surface area contributed by atoms with Crippen molar-refractivity contribution in [3.05, 3.63) is 22.7 Å². The van der Waals surface area contributed by atoms with Crippen molar-refractivity contribution in [3.8, 4) is 11.5 Å². The molecular formula is C15H24ClNO3. The molecule has 1 aromatic carbocycles. The summed E-state index contributed by atoms with van der Waals surface area (Å²) < 4.78 is 11.3. The van der Waals surface area contributed by atoms with Crippen molar-refractivity contribution in [3.63, 3.8) is 0 Å². The van der Waals surface area contributed by atoms with Crippen molar-refractivity contribution in [1.82, 2.24) is 5.32 Å². The van der Waals surface area contributed by atoms with Crippen LogP contribution in [0.2, 0.25) is 5.02 Å². The standard InChI is InChI=1S/C15H24ClNO3/c1-3-8-20-15-13(16)9-12(10-14(15)19-4-2)11-17-6-5-7-18/h9-10,17-18H,3-8,11H2,1-2H3. The van der Waals surface area contributed by atoms with Gasteiger partial charge in [-0.1, -0.05) is 18.5 Å². The van der Waals surface area contributed by atoms with Gasteiger partial charge >= 0.3 is 0 Å². The first kappa shape index (κ1) is 17.1. The summed E-state index contributed by atoms with van der Waals surface area (Å²) >= 11 is 6.27. The molecule has 0 heterocycles. The molecule has 0 aliphatic carbocycles. The summed E-state index contributed by atoms with van der Waals surface area (Å²) in [6.07, 6.45) is 1.66. The Morgan fingerprint density at radius 1 is 1.25 bits per heavy atom. The van der Waals surface area contributed by atoms with Crippen LogP contribution in [0, 0.1) is 0 Å². The van der Waals surface area contributed by atoms with E-state index in [0.717, 1.165) is 24.9 Å². The Labute approximate surface area is 126 Å². The third-order valence-electron chi connectivity index (χ3n) is 2.66. The highest BCUT2D eigenvalue weighted by Gasteiger charge is 2.12. The molecule has 0 atom stereocenters. The molecule has 0 aliphatic heterocycles. The van der Waals surface area contributed by atoms with Gasteiger partial charge in [0.05, 0.1) is 18.2 Å². The second-order valence-electron chi connectivity index (χ2n) is 4.44. The SMILES string of the molecule is CCCOc1c(Cl)cc(CNCCCO)cc1OCC. The Bertz CT molecular complexity index is 399. The lowest BCUT2D eigenvalue weighted by atomic mass is 10.2. The number of hydrogen-bond acceptors (Lipinski definition) is 4. The van der Waals surface area contributed by atoms with Gasteiger partial charge in [0.15, 0.2) is 11.5 Å². The Balaban J connectivity index is 2.77. The van der Waals surface area contributed by atoms with Crippen LogP contribution in [-0.2, 0) is 6.54 Å². The number of aliphatic hydroxyl groups is 1. The van der Waals surface area contributed by atoms with E-state index in [-0.39, 0.29) is 6.61 Å². The average molecular weight is 302 g/mol. The highest BCUT2D eigenvalue weighted by atomic mass is 35.5. The predicted octanol–water partition coefficient (Wildman–Crippen LogP) is 3.00. The molecule has 1 aromatic rings. The van der Waals surface area contributed by atoms with Crippen LogP contribution in [0.1, 0.15) is 32.3 Å². The van der Waals surface area contributed by atoms with E-state index in [9.17, 15) is 0 Å². The van der Waals surface area contributed by atoms with Gasteiger partial charge in [-0.25, -0.2) is 0 Å². The monoisotopic (exact) mass is 301 g/mol. The first-order valence-electron chi connectivity index (χ1n) is 7.12. The van der Waals surface area contributed by atoms with E-state index in [1.165, 1.54) is 0 Å². The lowest BCUT2D eigenvalue weighted by molar-refractivity contribution is 0.276. The second kappa shape index (κ2) is 9.86. The van der Waals surface area contributed by atoms with Gasteiger partial charge in [0, 0.05) is 13.2 Å². The van der Waals surface area contributed by atoms with Crippen LogP contribution in [0.5, 0.6) is 11.5 Å². The fourth-order valence-corrected chi connectivity index (χ4v) is 2.06. The minimum absolute atomic E-state index is 0.196. The number of benzene rings is 1. The molecule has 0 saturated heterocycles. The van der Waals surface area contributed by atoms with Gasteiger partial charge in [-0.05, 0) is 44.0 Å². The number of aliphatic hydroxyl groups excluding tert-OH is 1. The van der Waals surface area contributed by atoms with E-state index < -0.39 is 0 Å². The summed E-state index contributed by atoms with van der Waals surface area (Å²) in [6.45, 7) is 6.83. The van der Waals surface area contributed by atoms with Gasteiger partial charge in [0.1, 0.15) is 0 Å². The maximum atomic E-state index is 8.74. The molecule has 0 radical (unpaired) electrons. The summed E-state index contributed by atoms with van der Waals surface area (Å²) in [6, 6.07) is 3.84. The molecule has 0 aromatic heterocycles. The quantitative estimate of drug-likeness (QED) is 0.652. The number of rotatable bonds is 10. The van der Waals surface area contributed by atoms with Crippen molar-refractivity contribution < 1.29 is 14.6 Å². The molecule has 0 amide bonds. The van der Waals surface area contributed by atoms with E-state index in [0.29, 0.717) is 36.3 Å². The smallest absolute Gasteiger partial charge is 0.179 e. The first-order chi connectivity index (χ1) is 9.72. The Morgan fingerprint density at radius 3 is 2.70 bits per heavy atom. The molecule has 0 spiro atoms. The Kier molecular flexibility index (Phi) is 8.42. The highest BCUT2D eigenvalue weighted by molar-refractivity contribution is 6.32. The van der Waals surface area contributed by atoms with E-state index in [1.54, 1.807) is 0 Å². The molecule has 114 valence electrons. The molecule has 0 unspecified atom stereocenters. The van der Waals surface area contributed by atoms with Gasteiger partial charge in [-0.2, -0.15) is 0 Å². The summed E-state index contributed by atoms with van der Waals surface area (Å²) in [5.41, 5.74) is 1.04. The largest absolute Gasteiger partial charge is 0.490 e. The minimum atomic E-state index is 0.196. The number of halogens is 1. The summed E-state index contributed by atoms with van der Waals surface area (Å²) in [7, 11) is 0. The molecule has 0 bridgehead atoms. The molecule has 5 heteroatoms. The van der Waals surface area contributed by atoms with Crippen LogP contribution < -0.4 is 14.8 Å². The highest BCUT2D eigenvalue weighted by Crippen LogP contribution is 2.36. The summed E-state index contributed by atoms with van der Waals surface area (Å²) in [4.78, 5) is 0. The number of nitrogens with one attached hydrogen (secondary N) is 1. The third kappa shape index (κ3) is 5.57. The normalized spacial score (nSPS) is 10.6. The molecular weight excluding hydrogens is 278 g/mol. The van der Waals surface area contributed by atoms with Crippen molar-refractivity contribution in [2.45, 2.75) is 33.2 Å².